The van der Waals surface area contributed by atoms with Gasteiger partial charge in [0, 0.05) is 21.9 Å². The molecule has 0 aliphatic heterocycles. The molecule has 0 saturated carbocycles. The van der Waals surface area contributed by atoms with Gasteiger partial charge in [-0.15, -0.1) is 22.7 Å². The molecule has 0 spiro atoms. The fraction of sp³-hybridized carbons (Fsp3) is 0. The van der Waals surface area contributed by atoms with Gasteiger partial charge in [-0.05, 0) is 24.3 Å². The normalized spacial score (nSPS) is 10.9. The number of pyridine rings is 2. The summed E-state index contributed by atoms with van der Waals surface area (Å²) in [6, 6.07) is 32.4. The lowest BCUT2D eigenvalue weighted by atomic mass is 10.2. The Kier molecular flexibility index (Phi) is 5.51. The van der Waals surface area contributed by atoms with Gasteiger partial charge in [0.05, 0.1) is 34.2 Å². The molecule has 34 heavy (non-hydrogen) atoms. The van der Waals surface area contributed by atoms with Crippen LogP contribution in [-0.2, 0) is 0 Å². The van der Waals surface area contributed by atoms with Crippen molar-refractivity contribution in [2.24, 2.45) is 0 Å². The molecule has 0 N–H and O–H groups in total. The van der Waals surface area contributed by atoms with E-state index in [1.54, 1.807) is 22.7 Å². The number of benzene rings is 2. The third-order valence-electron chi connectivity index (χ3n) is 5.35. The Balaban J connectivity index is 1.30. The average molecular weight is 475 g/mol. The van der Waals surface area contributed by atoms with Gasteiger partial charge in [0.15, 0.2) is 0 Å². The summed E-state index contributed by atoms with van der Waals surface area (Å²) in [7, 11) is 0. The van der Waals surface area contributed by atoms with Crippen molar-refractivity contribution in [3.8, 4) is 55.3 Å². The molecule has 6 heteroatoms. The van der Waals surface area contributed by atoms with Gasteiger partial charge in [0.2, 0.25) is 0 Å². The molecule has 0 saturated heterocycles. The highest BCUT2D eigenvalue weighted by atomic mass is 32.1. The van der Waals surface area contributed by atoms with Gasteiger partial charge in [-0.25, -0.2) is 19.9 Å². The van der Waals surface area contributed by atoms with Crippen LogP contribution < -0.4 is 0 Å². The maximum absolute atomic E-state index is 4.88. The highest BCUT2D eigenvalue weighted by Gasteiger charge is 2.12. The van der Waals surface area contributed by atoms with E-state index in [4.69, 9.17) is 19.9 Å². The summed E-state index contributed by atoms with van der Waals surface area (Å²) in [4.78, 5) is 19.4. The van der Waals surface area contributed by atoms with Crippen LogP contribution in [0.2, 0.25) is 0 Å². The Bertz CT molecular complexity index is 1440. The quantitative estimate of drug-likeness (QED) is 0.257. The molecule has 0 aliphatic carbocycles. The summed E-state index contributed by atoms with van der Waals surface area (Å²) >= 11 is 3.20. The van der Waals surface area contributed by atoms with E-state index in [1.807, 2.05) is 72.8 Å². The van der Waals surface area contributed by atoms with Gasteiger partial charge in [-0.2, -0.15) is 0 Å². The van der Waals surface area contributed by atoms with E-state index in [-0.39, 0.29) is 0 Å². The Morgan fingerprint density at radius 2 is 0.765 bits per heavy atom. The number of rotatable bonds is 5. The predicted octanol–water partition coefficient (Wildman–Crippen LogP) is 7.72. The highest BCUT2D eigenvalue weighted by molar-refractivity contribution is 7.13. The molecule has 0 radical (unpaired) electrons. The van der Waals surface area contributed by atoms with Gasteiger partial charge in [-0.3, -0.25) is 0 Å². The van der Waals surface area contributed by atoms with Crippen LogP contribution in [0.15, 0.2) is 108 Å². The third-order valence-corrected chi connectivity index (χ3v) is 7.08. The van der Waals surface area contributed by atoms with Crippen LogP contribution >= 0.6 is 22.7 Å². The van der Waals surface area contributed by atoms with E-state index in [2.05, 4.69) is 35.0 Å². The zero-order chi connectivity index (χ0) is 22.7. The van der Waals surface area contributed by atoms with E-state index in [0.717, 1.165) is 55.3 Å². The monoisotopic (exact) mass is 474 g/mol. The van der Waals surface area contributed by atoms with Gasteiger partial charge in [0.25, 0.3) is 0 Å². The minimum absolute atomic E-state index is 0.815. The van der Waals surface area contributed by atoms with Gasteiger partial charge >= 0.3 is 0 Å². The third kappa shape index (κ3) is 4.17. The molecule has 6 rings (SSSR count). The minimum atomic E-state index is 0.815. The molecule has 4 aromatic heterocycles. The topological polar surface area (TPSA) is 51.6 Å². The van der Waals surface area contributed by atoms with Crippen molar-refractivity contribution in [2.45, 2.75) is 0 Å². The van der Waals surface area contributed by atoms with Crippen molar-refractivity contribution < 1.29 is 0 Å². The maximum Gasteiger partial charge on any atom is 0.142 e. The first-order valence-electron chi connectivity index (χ1n) is 10.8. The van der Waals surface area contributed by atoms with Crippen LogP contribution in [0.25, 0.3) is 55.3 Å². The van der Waals surface area contributed by atoms with Crippen LogP contribution in [0, 0.1) is 0 Å². The summed E-state index contributed by atoms with van der Waals surface area (Å²) in [5.74, 6) is 0. The second-order valence-electron chi connectivity index (χ2n) is 7.62. The zero-order valence-corrected chi connectivity index (χ0v) is 19.6. The molecule has 4 nitrogen and oxygen atoms in total. The number of nitrogens with zero attached hydrogens (tertiary/aromatic N) is 4. The summed E-state index contributed by atoms with van der Waals surface area (Å²) in [6.45, 7) is 0. The Morgan fingerprint density at radius 1 is 0.353 bits per heavy atom. The van der Waals surface area contributed by atoms with Crippen LogP contribution in [0.5, 0.6) is 0 Å². The number of hydrogen-bond acceptors (Lipinski definition) is 6. The first-order chi connectivity index (χ1) is 16.8. The van der Waals surface area contributed by atoms with Gasteiger partial charge in [0.1, 0.15) is 10.0 Å². The van der Waals surface area contributed by atoms with E-state index in [0.29, 0.717) is 0 Å². The molecule has 0 atom stereocenters. The van der Waals surface area contributed by atoms with E-state index in [9.17, 15) is 0 Å². The van der Waals surface area contributed by atoms with E-state index >= 15 is 0 Å². The summed E-state index contributed by atoms with van der Waals surface area (Å²) in [5, 5.41) is 5.93. The van der Waals surface area contributed by atoms with Gasteiger partial charge in [-0.1, -0.05) is 72.8 Å². The van der Waals surface area contributed by atoms with Crippen LogP contribution in [0.4, 0.5) is 0 Å². The molecule has 4 heterocycles. The molecular weight excluding hydrogens is 456 g/mol. The largest absolute Gasteiger partial charge is 0.244 e. The van der Waals surface area contributed by atoms with Crippen molar-refractivity contribution in [3.63, 3.8) is 0 Å². The zero-order valence-electron chi connectivity index (χ0n) is 18.0. The number of aromatic nitrogens is 4. The first kappa shape index (κ1) is 20.6. The van der Waals surface area contributed by atoms with Crippen molar-refractivity contribution in [3.05, 3.63) is 108 Å². The number of thiazole rings is 2. The highest BCUT2D eigenvalue weighted by Crippen LogP contribution is 2.31. The smallest absolute Gasteiger partial charge is 0.142 e. The lowest BCUT2D eigenvalue weighted by Crippen LogP contribution is -1.92. The lowest BCUT2D eigenvalue weighted by Gasteiger charge is -2.04. The first-order valence-corrected chi connectivity index (χ1v) is 12.6. The van der Waals surface area contributed by atoms with E-state index < -0.39 is 0 Å². The van der Waals surface area contributed by atoms with Crippen molar-refractivity contribution in [2.75, 3.05) is 0 Å². The molecular formula is C28H18N4S2. The Morgan fingerprint density at radius 3 is 1.21 bits per heavy atom. The van der Waals surface area contributed by atoms with Crippen LogP contribution in [-0.4, -0.2) is 19.9 Å². The molecule has 0 amide bonds. The van der Waals surface area contributed by atoms with Gasteiger partial charge < -0.3 is 0 Å². The standard InChI is InChI=1S/C28H18N4S2/c1-3-9-19(10-4-1)25-17-33-27(31-25)23-15-7-13-21(29-23)22-14-8-16-24(30-22)28-32-26(18-34-28)20-11-5-2-6-12-20/h1-18H. The molecule has 2 aromatic carbocycles. The molecule has 6 aromatic rings. The van der Waals surface area contributed by atoms with E-state index in [1.165, 1.54) is 0 Å². The molecule has 0 fully saturated rings. The van der Waals surface area contributed by atoms with Crippen molar-refractivity contribution >= 4 is 22.7 Å². The molecule has 0 aliphatic rings. The summed E-state index contributed by atoms with van der Waals surface area (Å²) < 4.78 is 0. The van der Waals surface area contributed by atoms with Crippen molar-refractivity contribution in [1.29, 1.82) is 0 Å². The lowest BCUT2D eigenvalue weighted by molar-refractivity contribution is 1.23. The summed E-state index contributed by atoms with van der Waals surface area (Å²) in [5.41, 5.74) is 7.46. The molecule has 162 valence electrons. The Labute approximate surface area is 205 Å². The predicted molar refractivity (Wildman–Crippen MR) is 141 cm³/mol. The van der Waals surface area contributed by atoms with Crippen LogP contribution in [0.3, 0.4) is 0 Å². The number of hydrogen-bond donors (Lipinski definition) is 0. The maximum atomic E-state index is 4.88. The fourth-order valence-corrected chi connectivity index (χ4v) is 5.25. The SMILES string of the molecule is c1ccc(-c2csc(-c3cccc(-c4cccc(-c5nc(-c6ccccc6)cs5)n4)n3)n2)cc1. The second kappa shape index (κ2) is 9.09. The minimum Gasteiger partial charge on any atom is -0.244 e. The van der Waals surface area contributed by atoms with Crippen molar-refractivity contribution in [1.82, 2.24) is 19.9 Å². The van der Waals surface area contributed by atoms with Crippen LogP contribution in [0.1, 0.15) is 0 Å². The Hall–Kier alpha value is -4.00. The second-order valence-corrected chi connectivity index (χ2v) is 9.34. The summed E-state index contributed by atoms with van der Waals surface area (Å²) in [6.07, 6.45) is 0. The fourth-order valence-electron chi connectivity index (χ4n) is 3.66. The molecule has 0 bridgehead atoms. The molecule has 0 unspecified atom stereocenters. The average Bonchev–Trinajstić information content (AvgIpc) is 3.61.